The summed E-state index contributed by atoms with van der Waals surface area (Å²) in [5.74, 6) is 0.0329. The van der Waals surface area contributed by atoms with E-state index in [4.69, 9.17) is 5.73 Å². The van der Waals surface area contributed by atoms with Crippen molar-refractivity contribution in [1.29, 1.82) is 0 Å². The minimum atomic E-state index is -0.796. The maximum absolute atomic E-state index is 11.5. The van der Waals surface area contributed by atoms with Crippen LogP contribution in [0.2, 0.25) is 0 Å². The van der Waals surface area contributed by atoms with Crippen LogP contribution in [0.5, 0.6) is 0 Å². The topological polar surface area (TPSA) is 43.1 Å². The zero-order valence-electron chi connectivity index (χ0n) is 8.79. The van der Waals surface area contributed by atoms with Gasteiger partial charge < -0.3 is 5.73 Å². The molecule has 0 bridgehead atoms. The lowest BCUT2D eigenvalue weighted by atomic mass is 9.83. The van der Waals surface area contributed by atoms with E-state index in [1.54, 1.807) is 6.92 Å². The second-order valence-corrected chi connectivity index (χ2v) is 3.64. The van der Waals surface area contributed by atoms with E-state index in [9.17, 15) is 4.79 Å². The van der Waals surface area contributed by atoms with E-state index in [1.807, 2.05) is 37.3 Å². The van der Waals surface area contributed by atoms with Crippen LogP contribution < -0.4 is 5.73 Å². The monoisotopic (exact) mass is 191 g/mol. The second kappa shape index (κ2) is 4.38. The van der Waals surface area contributed by atoms with Crippen LogP contribution in [-0.4, -0.2) is 5.78 Å². The number of ketones is 1. The average molecular weight is 191 g/mol. The van der Waals surface area contributed by atoms with Crippen LogP contribution in [-0.2, 0) is 10.3 Å². The Morgan fingerprint density at radius 3 is 2.36 bits per heavy atom. The number of carbonyl (C=O) groups excluding carboxylic acids is 1. The highest BCUT2D eigenvalue weighted by Gasteiger charge is 2.31. The van der Waals surface area contributed by atoms with Crippen molar-refractivity contribution >= 4 is 5.78 Å². The Bertz CT molecular complexity index is 307. The largest absolute Gasteiger partial charge is 0.315 e. The Kier molecular flexibility index (Phi) is 3.42. The van der Waals surface area contributed by atoms with Crippen molar-refractivity contribution in [3.05, 3.63) is 35.9 Å². The van der Waals surface area contributed by atoms with E-state index in [-0.39, 0.29) is 5.78 Å². The molecule has 0 saturated carbocycles. The summed E-state index contributed by atoms with van der Waals surface area (Å²) in [5.41, 5.74) is 6.24. The maximum atomic E-state index is 11.5. The summed E-state index contributed by atoms with van der Waals surface area (Å²) >= 11 is 0. The van der Waals surface area contributed by atoms with Gasteiger partial charge in [0.1, 0.15) is 5.54 Å². The Labute approximate surface area is 85.1 Å². The van der Waals surface area contributed by atoms with Gasteiger partial charge in [0.05, 0.1) is 0 Å². The van der Waals surface area contributed by atoms with Gasteiger partial charge in [-0.15, -0.1) is 0 Å². The number of Topliss-reactive ketones (excluding diaryl/α,β-unsaturated/α-hetero) is 1. The number of nitrogens with two attached hydrogens (primary N) is 1. The number of carbonyl (C=O) groups is 1. The summed E-state index contributed by atoms with van der Waals surface area (Å²) in [7, 11) is 0. The van der Waals surface area contributed by atoms with Crippen molar-refractivity contribution in [2.45, 2.75) is 32.2 Å². The molecule has 0 radical (unpaired) electrons. The molecule has 0 unspecified atom stereocenters. The summed E-state index contributed by atoms with van der Waals surface area (Å²) in [4.78, 5) is 11.5. The van der Waals surface area contributed by atoms with Crippen molar-refractivity contribution < 1.29 is 4.79 Å². The SMILES string of the molecule is CCC[C@](N)(C(C)=O)c1ccccc1. The van der Waals surface area contributed by atoms with Crippen molar-refractivity contribution in [1.82, 2.24) is 0 Å². The Morgan fingerprint density at radius 2 is 1.93 bits per heavy atom. The van der Waals surface area contributed by atoms with Gasteiger partial charge in [-0.1, -0.05) is 43.7 Å². The molecule has 2 nitrogen and oxygen atoms in total. The van der Waals surface area contributed by atoms with Gasteiger partial charge in [-0.05, 0) is 18.9 Å². The van der Waals surface area contributed by atoms with E-state index < -0.39 is 5.54 Å². The molecular weight excluding hydrogens is 174 g/mol. The number of hydrogen-bond donors (Lipinski definition) is 1. The van der Waals surface area contributed by atoms with Gasteiger partial charge in [-0.25, -0.2) is 0 Å². The van der Waals surface area contributed by atoms with Crippen LogP contribution in [0.15, 0.2) is 30.3 Å². The standard InChI is InChI=1S/C12H17NO/c1-3-9-12(13,10(2)14)11-7-5-4-6-8-11/h4-8H,3,9,13H2,1-2H3/t12-/m0/s1. The molecule has 0 saturated heterocycles. The van der Waals surface area contributed by atoms with Crippen LogP contribution >= 0.6 is 0 Å². The number of rotatable bonds is 4. The molecule has 0 spiro atoms. The van der Waals surface area contributed by atoms with Gasteiger partial charge >= 0.3 is 0 Å². The van der Waals surface area contributed by atoms with Crippen LogP contribution in [0.4, 0.5) is 0 Å². The van der Waals surface area contributed by atoms with Crippen molar-refractivity contribution in [2.24, 2.45) is 5.73 Å². The molecule has 0 aromatic heterocycles. The van der Waals surface area contributed by atoms with Crippen LogP contribution in [0.1, 0.15) is 32.3 Å². The van der Waals surface area contributed by atoms with E-state index in [0.29, 0.717) is 6.42 Å². The molecule has 0 amide bonds. The number of hydrogen-bond acceptors (Lipinski definition) is 2. The fraction of sp³-hybridized carbons (Fsp3) is 0.417. The van der Waals surface area contributed by atoms with Crippen LogP contribution in [0, 0.1) is 0 Å². The zero-order chi connectivity index (χ0) is 10.6. The van der Waals surface area contributed by atoms with Crippen LogP contribution in [0.25, 0.3) is 0 Å². The molecule has 14 heavy (non-hydrogen) atoms. The van der Waals surface area contributed by atoms with Gasteiger partial charge in [0.15, 0.2) is 5.78 Å². The van der Waals surface area contributed by atoms with Crippen molar-refractivity contribution in [3.63, 3.8) is 0 Å². The van der Waals surface area contributed by atoms with Crippen molar-refractivity contribution in [2.75, 3.05) is 0 Å². The first-order valence-corrected chi connectivity index (χ1v) is 4.96. The molecule has 1 atom stereocenters. The predicted octanol–water partition coefficient (Wildman–Crippen LogP) is 2.23. The average Bonchev–Trinajstić information content (AvgIpc) is 2.19. The summed E-state index contributed by atoms with van der Waals surface area (Å²) in [6, 6.07) is 9.58. The first-order chi connectivity index (χ1) is 6.61. The lowest BCUT2D eigenvalue weighted by Gasteiger charge is -2.26. The third-order valence-corrected chi connectivity index (χ3v) is 2.56. The quantitative estimate of drug-likeness (QED) is 0.793. The highest BCUT2D eigenvalue weighted by Crippen LogP contribution is 2.24. The zero-order valence-corrected chi connectivity index (χ0v) is 8.79. The Balaban J connectivity index is 3.06. The lowest BCUT2D eigenvalue weighted by Crippen LogP contribution is -2.43. The lowest BCUT2D eigenvalue weighted by molar-refractivity contribution is -0.122. The summed E-state index contributed by atoms with van der Waals surface area (Å²) in [5, 5.41) is 0. The highest BCUT2D eigenvalue weighted by molar-refractivity contribution is 5.87. The van der Waals surface area contributed by atoms with Gasteiger partial charge in [0.2, 0.25) is 0 Å². The molecule has 0 heterocycles. The first-order valence-electron chi connectivity index (χ1n) is 4.96. The van der Waals surface area contributed by atoms with E-state index in [1.165, 1.54) is 0 Å². The van der Waals surface area contributed by atoms with Crippen LogP contribution in [0.3, 0.4) is 0 Å². The van der Waals surface area contributed by atoms with Gasteiger partial charge in [0, 0.05) is 0 Å². The highest BCUT2D eigenvalue weighted by atomic mass is 16.1. The molecule has 1 rings (SSSR count). The predicted molar refractivity (Wildman–Crippen MR) is 57.9 cm³/mol. The molecule has 0 aliphatic carbocycles. The molecule has 1 aromatic carbocycles. The number of benzene rings is 1. The first kappa shape index (κ1) is 10.9. The fourth-order valence-electron chi connectivity index (χ4n) is 1.65. The van der Waals surface area contributed by atoms with Gasteiger partial charge in [-0.2, -0.15) is 0 Å². The Hall–Kier alpha value is -1.15. The maximum Gasteiger partial charge on any atom is 0.154 e. The normalized spacial score (nSPS) is 14.8. The molecule has 0 aliphatic rings. The molecular formula is C12H17NO. The molecule has 76 valence electrons. The minimum absolute atomic E-state index is 0.0329. The van der Waals surface area contributed by atoms with E-state index in [2.05, 4.69) is 0 Å². The third-order valence-electron chi connectivity index (χ3n) is 2.56. The third kappa shape index (κ3) is 2.02. The Morgan fingerprint density at radius 1 is 1.36 bits per heavy atom. The van der Waals surface area contributed by atoms with Crippen molar-refractivity contribution in [3.8, 4) is 0 Å². The smallest absolute Gasteiger partial charge is 0.154 e. The summed E-state index contributed by atoms with van der Waals surface area (Å²) in [6.45, 7) is 3.59. The minimum Gasteiger partial charge on any atom is -0.315 e. The van der Waals surface area contributed by atoms with Gasteiger partial charge in [0.25, 0.3) is 0 Å². The van der Waals surface area contributed by atoms with Gasteiger partial charge in [-0.3, -0.25) is 4.79 Å². The molecule has 2 N–H and O–H groups in total. The fourth-order valence-corrected chi connectivity index (χ4v) is 1.65. The summed E-state index contributed by atoms with van der Waals surface area (Å²) in [6.07, 6.45) is 1.61. The van der Waals surface area contributed by atoms with E-state index in [0.717, 1.165) is 12.0 Å². The second-order valence-electron chi connectivity index (χ2n) is 3.64. The van der Waals surface area contributed by atoms with E-state index >= 15 is 0 Å². The molecule has 2 heteroatoms. The molecule has 1 aromatic rings. The molecule has 0 aliphatic heterocycles. The molecule has 0 fully saturated rings. The summed E-state index contributed by atoms with van der Waals surface area (Å²) < 4.78 is 0.